The van der Waals surface area contributed by atoms with Gasteiger partial charge in [-0.1, -0.05) is 20.8 Å². The molecule has 1 fully saturated rings. The molecule has 0 radical (unpaired) electrons. The van der Waals surface area contributed by atoms with Gasteiger partial charge in [-0.3, -0.25) is 13.5 Å². The van der Waals surface area contributed by atoms with Crippen molar-refractivity contribution in [2.45, 2.75) is 51.4 Å². The summed E-state index contributed by atoms with van der Waals surface area (Å²) in [5, 5.41) is 20.7. The van der Waals surface area contributed by atoms with Crippen molar-refractivity contribution in [3.63, 3.8) is 0 Å². The third-order valence-electron chi connectivity index (χ3n) is 4.83. The van der Waals surface area contributed by atoms with E-state index in [9.17, 15) is 23.4 Å². The van der Waals surface area contributed by atoms with Crippen LogP contribution >= 0.6 is 0 Å². The number of nitrogens with one attached hydrogen (secondary N) is 1. The number of aromatic nitrogens is 4. The van der Waals surface area contributed by atoms with E-state index >= 15 is 0 Å². The molecule has 0 saturated carbocycles. The minimum Gasteiger partial charge on any atom is -0.387 e. The van der Waals surface area contributed by atoms with Gasteiger partial charge in [0.05, 0.1) is 19.0 Å². The third-order valence-corrected chi connectivity index (χ3v) is 5.72. The Morgan fingerprint density at radius 2 is 2.00 bits per heavy atom. The fourth-order valence-electron chi connectivity index (χ4n) is 2.92. The highest BCUT2D eigenvalue weighted by atomic mass is 32.2. The number of carbonyl (C=O) groups is 1. The SMILES string of the molecule is CC(C)(C)[C@H](N)C(=O)NS(=O)(=O)OC[C@H]1O[C@@H](n2cnc3c(N)ncnc32)[C@H](O)[C@@H]1O. The number of aliphatic hydroxyl groups is 2. The minimum atomic E-state index is -4.53. The van der Waals surface area contributed by atoms with Crippen molar-refractivity contribution in [3.8, 4) is 0 Å². The molecule has 1 aliphatic rings. The van der Waals surface area contributed by atoms with E-state index in [1.165, 1.54) is 17.2 Å². The van der Waals surface area contributed by atoms with Gasteiger partial charge in [-0.2, -0.15) is 8.42 Å². The van der Waals surface area contributed by atoms with Gasteiger partial charge >= 0.3 is 10.3 Å². The first-order chi connectivity index (χ1) is 14.3. The smallest absolute Gasteiger partial charge is 0.362 e. The number of fused-ring (bicyclic) bond motifs is 1. The number of nitrogens with two attached hydrogens (primary N) is 2. The zero-order valence-corrected chi connectivity index (χ0v) is 17.9. The number of nitrogen functional groups attached to an aromatic ring is 1. The fraction of sp³-hybridized carbons (Fsp3) is 0.625. The minimum absolute atomic E-state index is 0.118. The van der Waals surface area contributed by atoms with Crippen LogP contribution in [-0.2, 0) is 24.0 Å². The van der Waals surface area contributed by atoms with Crippen molar-refractivity contribution in [2.75, 3.05) is 12.3 Å². The van der Waals surface area contributed by atoms with E-state index in [0.717, 1.165) is 0 Å². The van der Waals surface area contributed by atoms with E-state index in [2.05, 4.69) is 15.0 Å². The van der Waals surface area contributed by atoms with Crippen LogP contribution in [0.15, 0.2) is 12.7 Å². The number of rotatable bonds is 6. The molecule has 172 valence electrons. The molecule has 31 heavy (non-hydrogen) atoms. The van der Waals surface area contributed by atoms with E-state index in [4.69, 9.17) is 20.4 Å². The van der Waals surface area contributed by atoms with Crippen LogP contribution in [-0.4, -0.2) is 75.0 Å². The Hall–Kier alpha value is -2.43. The Balaban J connectivity index is 1.68. The monoisotopic (exact) mass is 459 g/mol. The lowest BCUT2D eigenvalue weighted by Gasteiger charge is -2.25. The zero-order chi connectivity index (χ0) is 23.1. The summed E-state index contributed by atoms with van der Waals surface area (Å²) in [6.07, 6.45) is -2.83. The van der Waals surface area contributed by atoms with Gasteiger partial charge in [0, 0.05) is 0 Å². The summed E-state index contributed by atoms with van der Waals surface area (Å²) >= 11 is 0. The van der Waals surface area contributed by atoms with Crippen LogP contribution in [0.25, 0.3) is 11.2 Å². The van der Waals surface area contributed by atoms with Crippen molar-refractivity contribution in [1.29, 1.82) is 0 Å². The lowest BCUT2D eigenvalue weighted by Crippen LogP contribution is -2.50. The van der Waals surface area contributed by atoms with E-state index in [1.807, 2.05) is 0 Å². The number of hydrogen-bond donors (Lipinski definition) is 5. The summed E-state index contributed by atoms with van der Waals surface area (Å²) in [6, 6.07) is -1.10. The molecule has 0 aliphatic carbocycles. The molecule has 1 saturated heterocycles. The van der Waals surface area contributed by atoms with Gasteiger partial charge in [0.25, 0.3) is 5.91 Å². The summed E-state index contributed by atoms with van der Waals surface area (Å²) in [5.41, 5.74) is 11.3. The van der Waals surface area contributed by atoms with E-state index in [0.29, 0.717) is 0 Å². The Morgan fingerprint density at radius 3 is 2.65 bits per heavy atom. The third kappa shape index (κ3) is 4.76. The molecular weight excluding hydrogens is 434 g/mol. The Labute approximate surface area is 177 Å². The van der Waals surface area contributed by atoms with E-state index in [1.54, 1.807) is 25.5 Å². The molecule has 1 amide bonds. The van der Waals surface area contributed by atoms with E-state index in [-0.39, 0.29) is 17.0 Å². The first-order valence-corrected chi connectivity index (χ1v) is 10.6. The lowest BCUT2D eigenvalue weighted by atomic mass is 9.87. The lowest BCUT2D eigenvalue weighted by molar-refractivity contribution is -0.122. The van der Waals surface area contributed by atoms with Gasteiger partial charge in [0.2, 0.25) is 0 Å². The van der Waals surface area contributed by atoms with Crippen molar-refractivity contribution < 1.29 is 32.3 Å². The second kappa shape index (κ2) is 8.25. The van der Waals surface area contributed by atoms with Gasteiger partial charge in [0.1, 0.15) is 30.2 Å². The molecule has 2 aromatic heterocycles. The first kappa shape index (κ1) is 23.2. The first-order valence-electron chi connectivity index (χ1n) is 9.23. The largest absolute Gasteiger partial charge is 0.387 e. The van der Waals surface area contributed by atoms with Gasteiger partial charge in [0.15, 0.2) is 17.7 Å². The number of imidazole rings is 1. The molecule has 1 aliphatic heterocycles. The number of amides is 1. The summed E-state index contributed by atoms with van der Waals surface area (Å²) in [6.45, 7) is 4.35. The van der Waals surface area contributed by atoms with Crippen LogP contribution in [0.4, 0.5) is 5.82 Å². The average Bonchev–Trinajstić information content (AvgIpc) is 3.21. The molecule has 7 N–H and O–H groups in total. The summed E-state index contributed by atoms with van der Waals surface area (Å²) in [5.74, 6) is -0.826. The number of anilines is 1. The molecule has 0 aromatic carbocycles. The van der Waals surface area contributed by atoms with Crippen molar-refractivity contribution in [1.82, 2.24) is 24.2 Å². The number of nitrogens with zero attached hydrogens (tertiary/aromatic N) is 4. The van der Waals surface area contributed by atoms with Crippen LogP contribution in [0.5, 0.6) is 0 Å². The maximum atomic E-state index is 12.1. The van der Waals surface area contributed by atoms with Crippen LogP contribution in [0, 0.1) is 5.41 Å². The average molecular weight is 459 g/mol. The molecule has 3 rings (SSSR count). The number of carbonyl (C=O) groups excluding carboxylic acids is 1. The Morgan fingerprint density at radius 1 is 1.32 bits per heavy atom. The van der Waals surface area contributed by atoms with Crippen molar-refractivity contribution >= 4 is 33.2 Å². The summed E-state index contributed by atoms with van der Waals surface area (Å²) < 4.78 is 37.6. The Bertz CT molecular complexity index is 1070. The predicted molar refractivity (Wildman–Crippen MR) is 106 cm³/mol. The number of ether oxygens (including phenoxy) is 1. The van der Waals surface area contributed by atoms with Crippen molar-refractivity contribution in [3.05, 3.63) is 12.7 Å². The zero-order valence-electron chi connectivity index (χ0n) is 17.0. The molecule has 5 atom stereocenters. The normalized spacial score (nSPS) is 25.6. The van der Waals surface area contributed by atoms with Crippen molar-refractivity contribution in [2.24, 2.45) is 11.1 Å². The van der Waals surface area contributed by atoms with Gasteiger partial charge < -0.3 is 26.4 Å². The molecule has 3 heterocycles. The second-order valence-electron chi connectivity index (χ2n) is 8.18. The molecule has 0 spiro atoms. The highest BCUT2D eigenvalue weighted by Crippen LogP contribution is 2.32. The molecule has 15 heteroatoms. The highest BCUT2D eigenvalue weighted by molar-refractivity contribution is 7.85. The van der Waals surface area contributed by atoms with Crippen LogP contribution in [0.3, 0.4) is 0 Å². The van der Waals surface area contributed by atoms with Crippen LogP contribution in [0.1, 0.15) is 27.0 Å². The van der Waals surface area contributed by atoms with E-state index < -0.39 is 58.8 Å². The molecule has 14 nitrogen and oxygen atoms in total. The Kier molecular flexibility index (Phi) is 6.18. The summed E-state index contributed by atoms with van der Waals surface area (Å²) in [7, 11) is -4.53. The maximum absolute atomic E-state index is 12.1. The molecule has 0 unspecified atom stereocenters. The molecule has 2 aromatic rings. The fourth-order valence-corrected chi connectivity index (χ4v) is 3.66. The van der Waals surface area contributed by atoms with Crippen LogP contribution < -0.4 is 16.2 Å². The van der Waals surface area contributed by atoms with Gasteiger partial charge in [-0.25, -0.2) is 19.7 Å². The van der Waals surface area contributed by atoms with Gasteiger partial charge in [-0.15, -0.1) is 0 Å². The van der Waals surface area contributed by atoms with Crippen LogP contribution in [0.2, 0.25) is 0 Å². The molecule has 0 bridgehead atoms. The standard InChI is InChI=1S/C16H25N7O7S/c1-16(2,3)11(17)14(26)22-31(27,28)29-4-7-9(24)10(25)15(30-7)23-6-21-8-12(18)19-5-20-13(8)23/h5-7,9-11,15,24-25H,4,17H2,1-3H3,(H,22,26)(H2,18,19,20)/t7-,9-,10-,11-,15-/m1/s1. The maximum Gasteiger partial charge on any atom is 0.362 e. The quantitative estimate of drug-likeness (QED) is 0.310. The summed E-state index contributed by atoms with van der Waals surface area (Å²) in [4.78, 5) is 23.9. The topological polar surface area (TPSA) is 218 Å². The number of hydrogen-bond acceptors (Lipinski definition) is 12. The number of aliphatic hydroxyl groups excluding tert-OH is 2. The molecular formula is C16H25N7O7S. The predicted octanol–water partition coefficient (Wildman–Crippen LogP) is -2.22. The second-order valence-corrected chi connectivity index (χ2v) is 9.53. The highest BCUT2D eigenvalue weighted by Gasteiger charge is 2.45. The van der Waals surface area contributed by atoms with Gasteiger partial charge in [-0.05, 0) is 5.41 Å².